The molecule has 0 atom stereocenters. The highest BCUT2D eigenvalue weighted by Gasteiger charge is 2.26. The van der Waals surface area contributed by atoms with E-state index in [9.17, 15) is 24.0 Å². The second kappa shape index (κ2) is 11.3. The number of amides is 1. The van der Waals surface area contributed by atoms with Crippen LogP contribution in [0.25, 0.3) is 0 Å². The van der Waals surface area contributed by atoms with E-state index in [-0.39, 0.29) is 49.3 Å². The number of H-pyrrole nitrogens is 2. The molecule has 0 bridgehead atoms. The van der Waals surface area contributed by atoms with E-state index in [1.54, 1.807) is 18.3 Å². The van der Waals surface area contributed by atoms with Crippen LogP contribution in [-0.2, 0) is 20.9 Å². The molecule has 0 saturated heterocycles. The van der Waals surface area contributed by atoms with Gasteiger partial charge in [0.05, 0.1) is 12.1 Å². The average molecular weight is 462 g/mol. The van der Waals surface area contributed by atoms with Gasteiger partial charge in [0, 0.05) is 25.7 Å². The van der Waals surface area contributed by atoms with E-state index in [4.69, 9.17) is 10.5 Å². The van der Waals surface area contributed by atoms with Gasteiger partial charge in [0.25, 0.3) is 5.56 Å². The van der Waals surface area contributed by atoms with Gasteiger partial charge >= 0.3 is 11.7 Å². The second-order valence-electron chi connectivity index (χ2n) is 8.56. The number of hydrogen-bond donors (Lipinski definition) is 3. The third-order valence-corrected chi connectivity index (χ3v) is 4.69. The molecule has 180 valence electrons. The summed E-state index contributed by atoms with van der Waals surface area (Å²) in [4.78, 5) is 67.9. The molecule has 0 saturated carbocycles. The van der Waals surface area contributed by atoms with Gasteiger partial charge in [0.2, 0.25) is 11.7 Å². The van der Waals surface area contributed by atoms with Crippen LogP contribution in [0.3, 0.4) is 0 Å². The highest BCUT2D eigenvalue weighted by atomic mass is 16.5. The number of nitrogens with zero attached hydrogens (tertiary/aromatic N) is 2. The number of ketones is 1. The monoisotopic (exact) mass is 461 g/mol. The lowest BCUT2D eigenvalue weighted by molar-refractivity contribution is -0.143. The summed E-state index contributed by atoms with van der Waals surface area (Å²) in [6.45, 7) is 7.46. The van der Waals surface area contributed by atoms with E-state index in [2.05, 4.69) is 9.97 Å². The van der Waals surface area contributed by atoms with Gasteiger partial charge in [-0.3, -0.25) is 28.7 Å². The Bertz CT molecular complexity index is 1100. The molecule has 2 aromatic rings. The van der Waals surface area contributed by atoms with Crippen molar-refractivity contribution in [2.45, 2.75) is 47.1 Å². The highest BCUT2D eigenvalue weighted by molar-refractivity contribution is 5.98. The SMILES string of the molecule is CC(C)CN(C(=O)CCC(=O)OCC(=O)c1ccc[nH]1)c1c(N)n(CC(C)C)c(=O)[nH]c1=O. The minimum Gasteiger partial charge on any atom is -0.457 e. The zero-order chi connectivity index (χ0) is 24.7. The maximum absolute atomic E-state index is 13.0. The van der Waals surface area contributed by atoms with Crippen LogP contribution in [-0.4, -0.2) is 45.3 Å². The lowest BCUT2D eigenvalue weighted by Gasteiger charge is -2.26. The molecule has 0 radical (unpaired) electrons. The Hall–Kier alpha value is -3.63. The number of esters is 1. The number of carbonyl (C=O) groups excluding carboxylic acids is 3. The van der Waals surface area contributed by atoms with Crippen LogP contribution >= 0.6 is 0 Å². The third kappa shape index (κ3) is 6.93. The van der Waals surface area contributed by atoms with Crippen LogP contribution in [0.1, 0.15) is 51.0 Å². The fourth-order valence-electron chi connectivity index (χ4n) is 3.21. The summed E-state index contributed by atoms with van der Waals surface area (Å²) in [6.07, 6.45) is 1.04. The molecular formula is C22H31N5O6. The molecule has 0 aliphatic rings. The molecular weight excluding hydrogens is 430 g/mol. The standard InChI is InChI=1S/C22H31N5O6/c1-13(2)10-26(19-20(23)27(11-14(3)4)22(32)25-21(19)31)17(29)7-8-18(30)33-12-16(28)15-6-5-9-24-15/h5-6,9,13-14,24H,7-8,10-12,23H2,1-4H3,(H,25,31,32). The number of anilines is 2. The first-order valence-electron chi connectivity index (χ1n) is 10.8. The number of ether oxygens (including phenoxy) is 1. The third-order valence-electron chi connectivity index (χ3n) is 4.69. The smallest absolute Gasteiger partial charge is 0.330 e. The summed E-state index contributed by atoms with van der Waals surface area (Å²) in [5.74, 6) is -1.70. The molecule has 2 heterocycles. The first kappa shape index (κ1) is 25.6. The van der Waals surface area contributed by atoms with E-state index < -0.39 is 35.5 Å². The van der Waals surface area contributed by atoms with Crippen molar-refractivity contribution in [3.05, 3.63) is 44.9 Å². The van der Waals surface area contributed by atoms with Crippen LogP contribution in [0.5, 0.6) is 0 Å². The van der Waals surface area contributed by atoms with Gasteiger partial charge < -0.3 is 20.4 Å². The quantitative estimate of drug-likeness (QED) is 0.336. The number of rotatable bonds is 11. The molecule has 0 unspecified atom stereocenters. The number of nitrogens with two attached hydrogens (primary N) is 1. The van der Waals surface area contributed by atoms with Gasteiger partial charge in [-0.15, -0.1) is 0 Å². The highest BCUT2D eigenvalue weighted by Crippen LogP contribution is 2.20. The Kier molecular flexibility index (Phi) is 8.78. The molecule has 0 aliphatic carbocycles. The predicted molar refractivity (Wildman–Crippen MR) is 123 cm³/mol. The second-order valence-corrected chi connectivity index (χ2v) is 8.56. The van der Waals surface area contributed by atoms with Crippen LogP contribution in [0, 0.1) is 11.8 Å². The fourth-order valence-corrected chi connectivity index (χ4v) is 3.21. The minimum atomic E-state index is -0.773. The minimum absolute atomic E-state index is 0.0244. The van der Waals surface area contributed by atoms with Gasteiger partial charge in [0.15, 0.2) is 12.3 Å². The van der Waals surface area contributed by atoms with E-state index >= 15 is 0 Å². The molecule has 33 heavy (non-hydrogen) atoms. The molecule has 0 aromatic carbocycles. The Balaban J connectivity index is 2.15. The van der Waals surface area contributed by atoms with Crippen LogP contribution < -0.4 is 21.9 Å². The molecule has 0 aliphatic heterocycles. The summed E-state index contributed by atoms with van der Waals surface area (Å²) in [5, 5.41) is 0. The maximum atomic E-state index is 13.0. The summed E-state index contributed by atoms with van der Waals surface area (Å²) in [6, 6.07) is 3.21. The molecule has 2 aromatic heterocycles. The van der Waals surface area contributed by atoms with E-state index in [1.807, 2.05) is 27.7 Å². The zero-order valence-corrected chi connectivity index (χ0v) is 19.3. The van der Waals surface area contributed by atoms with Crippen molar-refractivity contribution < 1.29 is 19.1 Å². The molecule has 0 spiro atoms. The Morgan fingerprint density at radius 3 is 2.39 bits per heavy atom. The number of nitrogen functional groups attached to an aromatic ring is 1. The number of Topliss-reactive ketones (excluding diaryl/α,β-unsaturated/α-hetero) is 1. The molecule has 0 fully saturated rings. The van der Waals surface area contributed by atoms with Crippen molar-refractivity contribution in [1.82, 2.24) is 14.5 Å². The van der Waals surface area contributed by atoms with Crippen LogP contribution in [0.4, 0.5) is 11.5 Å². The Labute approximate surface area is 190 Å². The molecule has 11 nitrogen and oxygen atoms in total. The van der Waals surface area contributed by atoms with Crippen molar-refractivity contribution >= 4 is 29.2 Å². The number of carbonyl (C=O) groups is 3. The van der Waals surface area contributed by atoms with Gasteiger partial charge in [-0.1, -0.05) is 27.7 Å². The van der Waals surface area contributed by atoms with Crippen molar-refractivity contribution in [2.75, 3.05) is 23.8 Å². The van der Waals surface area contributed by atoms with Crippen molar-refractivity contribution in [3.63, 3.8) is 0 Å². The van der Waals surface area contributed by atoms with Crippen LogP contribution in [0.15, 0.2) is 27.9 Å². The Morgan fingerprint density at radius 1 is 1.12 bits per heavy atom. The fraction of sp³-hybridized carbons (Fsp3) is 0.500. The number of hydrogen-bond acceptors (Lipinski definition) is 7. The van der Waals surface area contributed by atoms with Crippen molar-refractivity contribution in [1.29, 1.82) is 0 Å². The largest absolute Gasteiger partial charge is 0.457 e. The van der Waals surface area contributed by atoms with E-state index in [0.29, 0.717) is 5.69 Å². The maximum Gasteiger partial charge on any atom is 0.330 e. The summed E-state index contributed by atoms with van der Waals surface area (Å²) >= 11 is 0. The van der Waals surface area contributed by atoms with Gasteiger partial charge in [-0.05, 0) is 24.0 Å². The molecule has 2 rings (SSSR count). The Morgan fingerprint density at radius 2 is 1.82 bits per heavy atom. The summed E-state index contributed by atoms with van der Waals surface area (Å²) < 4.78 is 6.18. The first-order chi connectivity index (χ1) is 15.5. The predicted octanol–water partition coefficient (Wildman–Crippen LogP) is 1.30. The topological polar surface area (TPSA) is 160 Å². The zero-order valence-electron chi connectivity index (χ0n) is 19.3. The summed E-state index contributed by atoms with van der Waals surface area (Å²) in [5.41, 5.74) is 4.92. The lowest BCUT2D eigenvalue weighted by atomic mass is 10.1. The molecule has 4 N–H and O–H groups in total. The first-order valence-corrected chi connectivity index (χ1v) is 10.8. The van der Waals surface area contributed by atoms with E-state index in [1.165, 1.54) is 9.47 Å². The van der Waals surface area contributed by atoms with E-state index in [0.717, 1.165) is 0 Å². The summed E-state index contributed by atoms with van der Waals surface area (Å²) in [7, 11) is 0. The van der Waals surface area contributed by atoms with Gasteiger partial charge in [-0.25, -0.2) is 4.79 Å². The normalized spacial score (nSPS) is 11.1. The molecule has 11 heteroatoms. The number of nitrogens with one attached hydrogen (secondary N) is 2. The number of aromatic nitrogens is 3. The lowest BCUT2D eigenvalue weighted by Crippen LogP contribution is -2.43. The molecule has 1 amide bonds. The van der Waals surface area contributed by atoms with Crippen molar-refractivity contribution in [3.8, 4) is 0 Å². The van der Waals surface area contributed by atoms with Crippen LogP contribution in [0.2, 0.25) is 0 Å². The van der Waals surface area contributed by atoms with Gasteiger partial charge in [-0.2, -0.15) is 0 Å². The van der Waals surface area contributed by atoms with Crippen molar-refractivity contribution in [2.24, 2.45) is 11.8 Å². The van der Waals surface area contributed by atoms with Gasteiger partial charge in [0.1, 0.15) is 5.82 Å². The number of aromatic amines is 2. The average Bonchev–Trinajstić information content (AvgIpc) is 3.27.